The van der Waals surface area contributed by atoms with Gasteiger partial charge >= 0.3 is 0 Å². The Morgan fingerprint density at radius 3 is 2.68 bits per heavy atom. The van der Waals surface area contributed by atoms with E-state index in [1.165, 1.54) is 0 Å². The van der Waals surface area contributed by atoms with Crippen molar-refractivity contribution in [2.24, 2.45) is 5.73 Å². The second-order valence-electron chi connectivity index (χ2n) is 5.65. The lowest BCUT2D eigenvalue weighted by atomic mass is 10.1. The zero-order chi connectivity index (χ0) is 14.1. The van der Waals surface area contributed by atoms with Gasteiger partial charge in [-0.3, -0.25) is 9.69 Å². The number of nitrogens with zero attached hydrogens (tertiary/aromatic N) is 2. The molecule has 1 aliphatic heterocycles. The van der Waals surface area contributed by atoms with Crippen LogP contribution < -0.4 is 11.1 Å². The van der Waals surface area contributed by atoms with Crippen molar-refractivity contribution in [1.29, 1.82) is 0 Å². The lowest BCUT2D eigenvalue weighted by molar-refractivity contribution is -0.121. The van der Waals surface area contributed by atoms with Gasteiger partial charge in [-0.2, -0.15) is 0 Å². The second-order valence-corrected chi connectivity index (χ2v) is 5.65. The highest BCUT2D eigenvalue weighted by Crippen LogP contribution is 2.05. The molecule has 1 fully saturated rings. The maximum atomic E-state index is 11.7. The van der Waals surface area contributed by atoms with Crippen molar-refractivity contribution in [2.75, 3.05) is 46.8 Å². The van der Waals surface area contributed by atoms with Crippen molar-refractivity contribution >= 4 is 5.91 Å². The monoisotopic (exact) mass is 270 g/mol. The van der Waals surface area contributed by atoms with Gasteiger partial charge < -0.3 is 16.0 Å². The number of hydrogen-bond donors (Lipinski definition) is 2. The SMILES string of the molecule is CN1CCN(C)C(CNC(=O)CCCCCCN)C1. The summed E-state index contributed by atoms with van der Waals surface area (Å²) in [4.78, 5) is 16.4. The number of nitrogens with two attached hydrogens (primary N) is 1. The molecule has 5 nitrogen and oxygen atoms in total. The second kappa shape index (κ2) is 9.28. The largest absolute Gasteiger partial charge is 0.354 e. The summed E-state index contributed by atoms with van der Waals surface area (Å²) in [5.41, 5.74) is 5.44. The van der Waals surface area contributed by atoms with Gasteiger partial charge in [0.2, 0.25) is 5.91 Å². The maximum absolute atomic E-state index is 11.7. The zero-order valence-electron chi connectivity index (χ0n) is 12.5. The number of amides is 1. The van der Waals surface area contributed by atoms with Gasteiger partial charge in [0.25, 0.3) is 0 Å². The third kappa shape index (κ3) is 6.89. The van der Waals surface area contributed by atoms with Crippen LogP contribution >= 0.6 is 0 Å². The van der Waals surface area contributed by atoms with E-state index >= 15 is 0 Å². The predicted molar refractivity (Wildman–Crippen MR) is 79.1 cm³/mol. The fourth-order valence-electron chi connectivity index (χ4n) is 2.43. The Labute approximate surface area is 117 Å². The highest BCUT2D eigenvalue weighted by molar-refractivity contribution is 5.75. The van der Waals surface area contributed by atoms with Crippen LogP contribution in [0.1, 0.15) is 32.1 Å². The van der Waals surface area contributed by atoms with Gasteiger partial charge in [-0.25, -0.2) is 0 Å². The van der Waals surface area contributed by atoms with E-state index in [2.05, 4.69) is 29.2 Å². The first-order valence-corrected chi connectivity index (χ1v) is 7.49. The molecule has 0 aromatic rings. The van der Waals surface area contributed by atoms with Gasteiger partial charge in [-0.05, 0) is 33.5 Å². The van der Waals surface area contributed by atoms with E-state index in [-0.39, 0.29) is 5.91 Å². The molecule has 1 atom stereocenters. The molecule has 1 saturated heterocycles. The van der Waals surface area contributed by atoms with Crippen molar-refractivity contribution in [1.82, 2.24) is 15.1 Å². The van der Waals surface area contributed by atoms with Crippen LogP contribution in [0.2, 0.25) is 0 Å². The highest BCUT2D eigenvalue weighted by Gasteiger charge is 2.22. The van der Waals surface area contributed by atoms with Crippen LogP contribution in [0.4, 0.5) is 0 Å². The molecule has 0 aliphatic carbocycles. The topological polar surface area (TPSA) is 61.6 Å². The number of nitrogens with one attached hydrogen (secondary N) is 1. The summed E-state index contributed by atoms with van der Waals surface area (Å²) < 4.78 is 0. The minimum atomic E-state index is 0.189. The average molecular weight is 270 g/mol. The molecule has 1 rings (SSSR count). The molecule has 0 spiro atoms. The van der Waals surface area contributed by atoms with Gasteiger partial charge in [0, 0.05) is 38.6 Å². The van der Waals surface area contributed by atoms with Crippen molar-refractivity contribution < 1.29 is 4.79 Å². The van der Waals surface area contributed by atoms with E-state index in [1.807, 2.05) is 0 Å². The minimum absolute atomic E-state index is 0.189. The van der Waals surface area contributed by atoms with E-state index in [1.54, 1.807) is 0 Å². The van der Waals surface area contributed by atoms with Crippen LogP contribution in [0.5, 0.6) is 0 Å². The fraction of sp³-hybridized carbons (Fsp3) is 0.929. The van der Waals surface area contributed by atoms with Gasteiger partial charge in [-0.1, -0.05) is 12.8 Å². The van der Waals surface area contributed by atoms with Crippen molar-refractivity contribution in [2.45, 2.75) is 38.1 Å². The molecule has 19 heavy (non-hydrogen) atoms. The predicted octanol–water partition coefficient (Wildman–Crippen LogP) is 0.258. The summed E-state index contributed by atoms with van der Waals surface area (Å²) in [7, 11) is 4.27. The number of hydrogen-bond acceptors (Lipinski definition) is 4. The summed E-state index contributed by atoms with van der Waals surface area (Å²) in [5, 5.41) is 3.06. The smallest absolute Gasteiger partial charge is 0.220 e. The maximum Gasteiger partial charge on any atom is 0.220 e. The number of unbranched alkanes of at least 4 members (excludes halogenated alkanes) is 3. The first-order chi connectivity index (χ1) is 9.13. The summed E-state index contributed by atoms with van der Waals surface area (Å²) in [6, 6.07) is 0.444. The Morgan fingerprint density at radius 2 is 1.95 bits per heavy atom. The molecule has 0 aromatic heterocycles. The molecule has 5 heteroatoms. The molecule has 0 bridgehead atoms. The molecule has 1 unspecified atom stereocenters. The molecule has 3 N–H and O–H groups in total. The van der Waals surface area contributed by atoms with E-state index in [4.69, 9.17) is 5.73 Å². The van der Waals surface area contributed by atoms with Crippen LogP contribution in [0.3, 0.4) is 0 Å². The lowest BCUT2D eigenvalue weighted by Crippen LogP contribution is -2.54. The molecule has 0 saturated carbocycles. The summed E-state index contributed by atoms with van der Waals surface area (Å²) in [6.45, 7) is 4.75. The minimum Gasteiger partial charge on any atom is -0.354 e. The molecular formula is C14H30N4O. The van der Waals surface area contributed by atoms with E-state index in [9.17, 15) is 4.79 Å². The summed E-state index contributed by atoms with van der Waals surface area (Å²) in [6.07, 6.45) is 4.94. The first-order valence-electron chi connectivity index (χ1n) is 7.49. The third-order valence-corrected chi connectivity index (χ3v) is 3.87. The number of carbonyl (C=O) groups is 1. The number of carbonyl (C=O) groups excluding carboxylic acids is 1. The van der Waals surface area contributed by atoms with E-state index in [0.717, 1.165) is 58.4 Å². The third-order valence-electron chi connectivity index (χ3n) is 3.87. The number of likely N-dealkylation sites (N-methyl/N-ethyl adjacent to an activating group) is 2. The van der Waals surface area contributed by atoms with Gasteiger partial charge in [-0.15, -0.1) is 0 Å². The van der Waals surface area contributed by atoms with Crippen LogP contribution in [-0.4, -0.2) is 68.6 Å². The molecule has 1 heterocycles. The summed E-state index contributed by atoms with van der Waals surface area (Å²) in [5.74, 6) is 0.189. The Balaban J connectivity index is 2.08. The number of piperazine rings is 1. The average Bonchev–Trinajstić information content (AvgIpc) is 2.39. The van der Waals surface area contributed by atoms with Crippen LogP contribution in [-0.2, 0) is 4.79 Å². The molecule has 0 aromatic carbocycles. The Hall–Kier alpha value is -0.650. The molecule has 112 valence electrons. The van der Waals surface area contributed by atoms with Crippen molar-refractivity contribution in [3.8, 4) is 0 Å². The fourth-order valence-corrected chi connectivity index (χ4v) is 2.43. The Kier molecular flexibility index (Phi) is 8.02. The van der Waals surface area contributed by atoms with Crippen LogP contribution in [0, 0.1) is 0 Å². The quantitative estimate of drug-likeness (QED) is 0.621. The summed E-state index contributed by atoms with van der Waals surface area (Å²) >= 11 is 0. The standard InChI is InChI=1S/C14H30N4O/c1-17-9-10-18(2)13(12-17)11-16-14(19)7-5-3-4-6-8-15/h13H,3-12,15H2,1-2H3,(H,16,19). The highest BCUT2D eigenvalue weighted by atomic mass is 16.1. The molecule has 0 radical (unpaired) electrons. The van der Waals surface area contributed by atoms with E-state index in [0.29, 0.717) is 12.5 Å². The molecule has 1 aliphatic rings. The van der Waals surface area contributed by atoms with Gasteiger partial charge in [0.05, 0.1) is 0 Å². The first kappa shape index (κ1) is 16.4. The van der Waals surface area contributed by atoms with Crippen molar-refractivity contribution in [3.05, 3.63) is 0 Å². The number of rotatable bonds is 8. The van der Waals surface area contributed by atoms with Gasteiger partial charge in [0.15, 0.2) is 0 Å². The normalized spacial score (nSPS) is 21.5. The van der Waals surface area contributed by atoms with Crippen LogP contribution in [0.15, 0.2) is 0 Å². The molecular weight excluding hydrogens is 240 g/mol. The Bertz CT molecular complexity index is 260. The van der Waals surface area contributed by atoms with Crippen molar-refractivity contribution in [3.63, 3.8) is 0 Å². The Morgan fingerprint density at radius 1 is 1.21 bits per heavy atom. The zero-order valence-corrected chi connectivity index (χ0v) is 12.5. The molecule has 1 amide bonds. The lowest BCUT2D eigenvalue weighted by Gasteiger charge is -2.37. The van der Waals surface area contributed by atoms with Gasteiger partial charge in [0.1, 0.15) is 0 Å². The van der Waals surface area contributed by atoms with E-state index < -0.39 is 0 Å². The van der Waals surface area contributed by atoms with Crippen LogP contribution in [0.25, 0.3) is 0 Å².